The van der Waals surface area contributed by atoms with Crippen LogP contribution in [0.4, 0.5) is 0 Å². The van der Waals surface area contributed by atoms with Crippen molar-refractivity contribution in [1.29, 1.82) is 0 Å². The molecule has 0 saturated heterocycles. The Balaban J connectivity index is 1.99. The smallest absolute Gasteiger partial charge is 0.246 e. The molecule has 24 heavy (non-hydrogen) atoms. The van der Waals surface area contributed by atoms with Gasteiger partial charge in [-0.15, -0.1) is 0 Å². The van der Waals surface area contributed by atoms with E-state index in [4.69, 9.17) is 0 Å². The normalized spacial score (nSPS) is 31.1. The number of rotatable bonds is 0. The number of hydrogen-bond donors (Lipinski definition) is 0. The molecule has 1 aromatic heterocycles. The maximum absolute atomic E-state index is 12.8. The second kappa shape index (κ2) is 4.24. The molecular weight excluding hydrogens is 302 g/mol. The molecule has 0 amide bonds. The molecule has 5 heteroatoms. The number of allylic oxidation sites excluding steroid dienone is 4. The molecule has 4 atom stereocenters. The molecule has 0 unspecified atom stereocenters. The van der Waals surface area contributed by atoms with Crippen LogP contribution in [-0.4, -0.2) is 13.9 Å². The summed E-state index contributed by atoms with van der Waals surface area (Å²) >= 11 is 0. The SMILES string of the molecule is Cn1c(=O)n2n(c1=O)[C@H]1C(C(C)(C)C)=C[C@H]2[C@H]2C=C(C(C)(C)C)[C@H]21. The summed E-state index contributed by atoms with van der Waals surface area (Å²) in [6, 6.07) is -0.0812. The Hall–Kier alpha value is -1.78. The molecule has 2 aliphatic carbocycles. The summed E-state index contributed by atoms with van der Waals surface area (Å²) in [6.45, 7) is 13.3. The van der Waals surface area contributed by atoms with Crippen LogP contribution in [0.1, 0.15) is 53.6 Å². The van der Waals surface area contributed by atoms with Crippen LogP contribution in [0, 0.1) is 22.7 Å². The van der Waals surface area contributed by atoms with Gasteiger partial charge in [0.15, 0.2) is 0 Å². The fourth-order valence-electron chi connectivity index (χ4n) is 4.85. The largest absolute Gasteiger partial charge is 0.347 e. The fourth-order valence-corrected chi connectivity index (χ4v) is 4.85. The number of aromatic nitrogens is 3. The fraction of sp³-hybridized carbons (Fsp3) is 0.684. The minimum absolute atomic E-state index is 0.0248. The Morgan fingerprint density at radius 3 is 1.92 bits per heavy atom. The van der Waals surface area contributed by atoms with Gasteiger partial charge in [-0.2, -0.15) is 0 Å². The summed E-state index contributed by atoms with van der Waals surface area (Å²) in [6.07, 6.45) is 4.59. The van der Waals surface area contributed by atoms with Crippen LogP contribution in [0.2, 0.25) is 0 Å². The molecule has 0 saturated carbocycles. The molecule has 0 aromatic carbocycles. The van der Waals surface area contributed by atoms with E-state index >= 15 is 0 Å². The zero-order valence-corrected chi connectivity index (χ0v) is 15.6. The van der Waals surface area contributed by atoms with E-state index in [1.165, 1.54) is 15.7 Å². The first-order valence-corrected chi connectivity index (χ1v) is 8.79. The highest BCUT2D eigenvalue weighted by molar-refractivity contribution is 5.41. The van der Waals surface area contributed by atoms with Crippen LogP contribution in [-0.2, 0) is 7.05 Å². The Bertz CT molecular complexity index is 908. The first-order valence-electron chi connectivity index (χ1n) is 8.79. The minimum Gasteiger partial charge on any atom is -0.246 e. The van der Waals surface area contributed by atoms with Crippen LogP contribution in [0.15, 0.2) is 32.9 Å². The van der Waals surface area contributed by atoms with Crippen LogP contribution in [0.5, 0.6) is 0 Å². The van der Waals surface area contributed by atoms with Gasteiger partial charge in [0.25, 0.3) is 0 Å². The molecule has 2 bridgehead atoms. The molecular formula is C19H27N3O2. The topological polar surface area (TPSA) is 48.9 Å². The standard InChI is InChI=1S/C19H27N3O2/c1-18(2,3)11-8-10-13-9-12(19(4,5)6)15(14(10)11)22-17(24)20(7)16(23)21(13)22/h8-10,13-15H,1-7H3/t10-,13+,14+,15+/m1/s1. The summed E-state index contributed by atoms with van der Waals surface area (Å²) in [5.74, 6) is 0.656. The van der Waals surface area contributed by atoms with E-state index in [1.54, 1.807) is 16.4 Å². The van der Waals surface area contributed by atoms with E-state index in [0.717, 1.165) is 0 Å². The van der Waals surface area contributed by atoms with Crippen molar-refractivity contribution in [3.63, 3.8) is 0 Å². The average molecular weight is 329 g/mol. The van der Waals surface area contributed by atoms with Gasteiger partial charge >= 0.3 is 11.4 Å². The van der Waals surface area contributed by atoms with Gasteiger partial charge in [-0.25, -0.2) is 23.5 Å². The quantitative estimate of drug-likeness (QED) is 0.687. The third kappa shape index (κ3) is 1.70. The third-order valence-electron chi connectivity index (χ3n) is 6.03. The Labute approximate surface area is 142 Å². The van der Waals surface area contributed by atoms with Gasteiger partial charge < -0.3 is 0 Å². The summed E-state index contributed by atoms with van der Waals surface area (Å²) in [7, 11) is 1.58. The molecule has 0 N–H and O–H groups in total. The van der Waals surface area contributed by atoms with Crippen LogP contribution < -0.4 is 11.4 Å². The lowest BCUT2D eigenvalue weighted by Gasteiger charge is -2.57. The summed E-state index contributed by atoms with van der Waals surface area (Å²) in [5.41, 5.74) is 2.38. The maximum atomic E-state index is 12.8. The highest BCUT2D eigenvalue weighted by atomic mass is 16.2. The van der Waals surface area contributed by atoms with Gasteiger partial charge in [-0.1, -0.05) is 59.3 Å². The predicted octanol–water partition coefficient (Wildman–Crippen LogP) is 2.65. The maximum Gasteiger partial charge on any atom is 0.347 e. The van der Waals surface area contributed by atoms with Crippen molar-refractivity contribution < 1.29 is 0 Å². The van der Waals surface area contributed by atoms with Gasteiger partial charge in [0.1, 0.15) is 0 Å². The second-order valence-corrected chi connectivity index (χ2v) is 9.60. The molecule has 0 spiro atoms. The van der Waals surface area contributed by atoms with Crippen molar-refractivity contribution in [3.05, 3.63) is 44.3 Å². The van der Waals surface area contributed by atoms with Crippen molar-refractivity contribution in [2.24, 2.45) is 29.7 Å². The van der Waals surface area contributed by atoms with Crippen molar-refractivity contribution in [1.82, 2.24) is 13.9 Å². The van der Waals surface area contributed by atoms with Crippen molar-refractivity contribution in [3.8, 4) is 0 Å². The molecule has 5 nitrogen and oxygen atoms in total. The van der Waals surface area contributed by atoms with Gasteiger partial charge in [-0.05, 0) is 16.4 Å². The zero-order chi connectivity index (χ0) is 17.8. The first kappa shape index (κ1) is 15.7. The van der Waals surface area contributed by atoms with Crippen molar-refractivity contribution in [2.75, 3.05) is 0 Å². The second-order valence-electron chi connectivity index (χ2n) is 9.60. The molecule has 130 valence electrons. The summed E-state index contributed by atoms with van der Waals surface area (Å²) in [4.78, 5) is 25.4. The van der Waals surface area contributed by atoms with Gasteiger partial charge in [-0.3, -0.25) is 0 Å². The summed E-state index contributed by atoms with van der Waals surface area (Å²) < 4.78 is 4.69. The monoisotopic (exact) mass is 329 g/mol. The van der Waals surface area contributed by atoms with E-state index in [1.807, 2.05) is 0 Å². The Morgan fingerprint density at radius 2 is 1.38 bits per heavy atom. The third-order valence-corrected chi connectivity index (χ3v) is 6.03. The lowest BCUT2D eigenvalue weighted by molar-refractivity contribution is 0.0840. The highest BCUT2D eigenvalue weighted by Crippen LogP contribution is 2.61. The van der Waals surface area contributed by atoms with E-state index in [2.05, 4.69) is 53.7 Å². The Morgan fingerprint density at radius 1 is 0.833 bits per heavy atom. The summed E-state index contributed by atoms with van der Waals surface area (Å²) in [5, 5.41) is 0. The number of hydrogen-bond acceptors (Lipinski definition) is 2. The molecule has 3 heterocycles. The predicted molar refractivity (Wildman–Crippen MR) is 94.1 cm³/mol. The lowest BCUT2D eigenvalue weighted by Crippen LogP contribution is -2.56. The van der Waals surface area contributed by atoms with Gasteiger partial charge in [0.2, 0.25) is 0 Å². The molecule has 5 rings (SSSR count). The lowest BCUT2D eigenvalue weighted by atomic mass is 9.54. The van der Waals surface area contributed by atoms with E-state index < -0.39 is 0 Å². The van der Waals surface area contributed by atoms with Gasteiger partial charge in [0.05, 0.1) is 12.1 Å². The molecule has 4 aliphatic rings. The average Bonchev–Trinajstić information content (AvgIpc) is 2.62. The van der Waals surface area contributed by atoms with Crippen molar-refractivity contribution >= 4 is 0 Å². The van der Waals surface area contributed by atoms with E-state index in [0.29, 0.717) is 11.8 Å². The first-order chi connectivity index (χ1) is 10.9. The van der Waals surface area contributed by atoms with Crippen molar-refractivity contribution in [2.45, 2.75) is 53.6 Å². The minimum atomic E-state index is -0.199. The van der Waals surface area contributed by atoms with Crippen LogP contribution in [0.3, 0.4) is 0 Å². The van der Waals surface area contributed by atoms with E-state index in [-0.39, 0.29) is 34.3 Å². The molecule has 0 fully saturated rings. The Kier molecular flexibility index (Phi) is 2.78. The zero-order valence-electron chi connectivity index (χ0n) is 15.6. The van der Waals surface area contributed by atoms with Crippen LogP contribution in [0.25, 0.3) is 0 Å². The molecule has 1 aromatic rings. The van der Waals surface area contributed by atoms with Crippen LogP contribution >= 0.6 is 0 Å². The van der Waals surface area contributed by atoms with Gasteiger partial charge in [0, 0.05) is 18.9 Å². The molecule has 0 radical (unpaired) electrons. The number of nitrogens with zero attached hydrogens (tertiary/aromatic N) is 3. The highest BCUT2D eigenvalue weighted by Gasteiger charge is 2.57. The van der Waals surface area contributed by atoms with E-state index in [9.17, 15) is 9.59 Å². The molecule has 2 aliphatic heterocycles.